The number of anilines is 1. The third-order valence-electron chi connectivity index (χ3n) is 6.10. The van der Waals surface area contributed by atoms with E-state index in [1.807, 2.05) is 41.3 Å². The summed E-state index contributed by atoms with van der Waals surface area (Å²) in [6.45, 7) is 4.21. The second-order valence-corrected chi connectivity index (χ2v) is 8.95. The van der Waals surface area contributed by atoms with Gasteiger partial charge >= 0.3 is 0 Å². The Morgan fingerprint density at radius 3 is 2.48 bits per heavy atom. The van der Waals surface area contributed by atoms with Crippen molar-refractivity contribution in [2.24, 2.45) is 0 Å². The van der Waals surface area contributed by atoms with Gasteiger partial charge in [-0.3, -0.25) is 4.98 Å². The average Bonchev–Trinajstić information content (AvgIpc) is 3.31. The summed E-state index contributed by atoms with van der Waals surface area (Å²) in [5.74, 6) is 0.118. The number of hydrogen-bond acceptors (Lipinski definition) is 3. The van der Waals surface area contributed by atoms with Crippen molar-refractivity contribution in [3.05, 3.63) is 107 Å². The number of phenolic OH excluding ortho intramolecular Hbond substituents is 1. The van der Waals surface area contributed by atoms with Gasteiger partial charge in [-0.2, -0.15) is 0 Å². The summed E-state index contributed by atoms with van der Waals surface area (Å²) < 4.78 is 2.24. The van der Waals surface area contributed by atoms with Gasteiger partial charge in [0.25, 0.3) is 0 Å². The summed E-state index contributed by atoms with van der Waals surface area (Å²) in [4.78, 5) is 6.56. The second-order valence-electron chi connectivity index (χ2n) is 8.13. The van der Waals surface area contributed by atoms with E-state index in [0.29, 0.717) is 15.8 Å². The van der Waals surface area contributed by atoms with Crippen molar-refractivity contribution in [3.63, 3.8) is 0 Å². The third-order valence-corrected chi connectivity index (χ3v) is 6.65. The number of phenols is 1. The summed E-state index contributed by atoms with van der Waals surface area (Å²) in [5, 5.41) is 15.2. The topological polar surface area (TPSA) is 53.3 Å². The van der Waals surface area contributed by atoms with Crippen molar-refractivity contribution in [1.82, 2.24) is 14.9 Å². The van der Waals surface area contributed by atoms with E-state index in [-0.39, 0.29) is 17.8 Å². The molecular weight excluding hydrogens is 452 g/mol. The van der Waals surface area contributed by atoms with Gasteiger partial charge in [-0.05, 0) is 80.2 Å². The van der Waals surface area contributed by atoms with Crippen LogP contribution in [0.5, 0.6) is 5.75 Å². The monoisotopic (exact) mass is 474 g/mol. The number of pyridine rings is 1. The molecule has 33 heavy (non-hydrogen) atoms. The number of halogens is 1. The van der Waals surface area contributed by atoms with Crippen molar-refractivity contribution in [3.8, 4) is 11.4 Å². The van der Waals surface area contributed by atoms with Crippen molar-refractivity contribution in [2.75, 3.05) is 4.90 Å². The fourth-order valence-electron chi connectivity index (χ4n) is 4.68. The fraction of sp³-hybridized carbons (Fsp3) is 0.154. The zero-order valence-electron chi connectivity index (χ0n) is 18.2. The molecule has 0 radical (unpaired) electrons. The Morgan fingerprint density at radius 2 is 1.76 bits per heavy atom. The molecule has 0 bridgehead atoms. The Balaban J connectivity index is 1.71. The molecule has 1 aliphatic heterocycles. The van der Waals surface area contributed by atoms with Gasteiger partial charge in [0.15, 0.2) is 5.11 Å². The Bertz CT molecular complexity index is 1320. The SMILES string of the molecule is Cc1cc([C@@H]2[C@@H](c3ccccn3)NC(=S)N2c2cc(Cl)ccc2O)c(C)n1-c1ccccc1. The molecule has 5 nitrogen and oxygen atoms in total. The van der Waals surface area contributed by atoms with Gasteiger partial charge in [0.1, 0.15) is 5.75 Å². The lowest BCUT2D eigenvalue weighted by Gasteiger charge is -2.28. The number of hydrogen-bond donors (Lipinski definition) is 2. The maximum absolute atomic E-state index is 10.7. The summed E-state index contributed by atoms with van der Waals surface area (Å²) in [5.41, 5.74) is 5.84. The molecule has 4 aromatic rings. The molecule has 0 aliphatic carbocycles. The van der Waals surface area contributed by atoms with E-state index in [4.69, 9.17) is 23.8 Å². The van der Waals surface area contributed by atoms with Crippen LogP contribution >= 0.6 is 23.8 Å². The third kappa shape index (κ3) is 3.75. The quantitative estimate of drug-likeness (QED) is 0.354. The second kappa shape index (κ2) is 8.54. The molecule has 2 atom stereocenters. The van der Waals surface area contributed by atoms with E-state index >= 15 is 0 Å². The van der Waals surface area contributed by atoms with Gasteiger partial charge in [-0.25, -0.2) is 0 Å². The predicted molar refractivity (Wildman–Crippen MR) is 136 cm³/mol. The Labute approximate surface area is 203 Å². The molecule has 1 fully saturated rings. The van der Waals surface area contributed by atoms with Gasteiger partial charge in [0.05, 0.1) is 23.5 Å². The first-order chi connectivity index (χ1) is 16.0. The number of benzene rings is 2. The highest BCUT2D eigenvalue weighted by Gasteiger charge is 2.43. The zero-order chi connectivity index (χ0) is 23.1. The molecule has 2 aromatic carbocycles. The van der Waals surface area contributed by atoms with Crippen LogP contribution in [0.15, 0.2) is 79.0 Å². The Hall–Kier alpha value is -3.35. The normalized spacial score (nSPS) is 17.9. The molecule has 3 heterocycles. The van der Waals surface area contributed by atoms with Gasteiger partial charge in [0.2, 0.25) is 0 Å². The van der Waals surface area contributed by atoms with Crippen LogP contribution in [0.1, 0.15) is 34.7 Å². The molecule has 2 aromatic heterocycles. The molecule has 7 heteroatoms. The van der Waals surface area contributed by atoms with E-state index in [0.717, 1.165) is 28.3 Å². The first kappa shape index (κ1) is 21.5. The average molecular weight is 475 g/mol. The maximum Gasteiger partial charge on any atom is 0.174 e. The first-order valence-electron chi connectivity index (χ1n) is 10.7. The van der Waals surface area contributed by atoms with Crippen LogP contribution in [0.2, 0.25) is 5.02 Å². The van der Waals surface area contributed by atoms with Gasteiger partial charge in [-0.15, -0.1) is 0 Å². The lowest BCUT2D eigenvalue weighted by atomic mass is 9.96. The summed E-state index contributed by atoms with van der Waals surface area (Å²) in [6, 6.07) is 22.9. The van der Waals surface area contributed by atoms with Gasteiger partial charge < -0.3 is 19.9 Å². The number of nitrogens with zero attached hydrogens (tertiary/aromatic N) is 3. The number of thiocarbonyl (C=S) groups is 1. The van der Waals surface area contributed by atoms with Gasteiger partial charge in [-0.1, -0.05) is 35.9 Å². The minimum Gasteiger partial charge on any atom is -0.506 e. The predicted octanol–water partition coefficient (Wildman–Crippen LogP) is 6.03. The molecule has 166 valence electrons. The highest BCUT2D eigenvalue weighted by molar-refractivity contribution is 7.80. The molecule has 2 N–H and O–H groups in total. The van der Waals surface area contributed by atoms with E-state index in [1.165, 1.54) is 0 Å². The number of aromatic nitrogens is 2. The lowest BCUT2D eigenvalue weighted by Crippen LogP contribution is -2.29. The van der Waals surface area contributed by atoms with E-state index < -0.39 is 0 Å². The lowest BCUT2D eigenvalue weighted by molar-refractivity contribution is 0.472. The number of para-hydroxylation sites is 1. The summed E-state index contributed by atoms with van der Waals surface area (Å²) in [6.07, 6.45) is 1.78. The van der Waals surface area contributed by atoms with Crippen LogP contribution in [0, 0.1) is 13.8 Å². The van der Waals surface area contributed by atoms with Crippen molar-refractivity contribution in [2.45, 2.75) is 25.9 Å². The van der Waals surface area contributed by atoms with Crippen molar-refractivity contribution >= 4 is 34.6 Å². The number of rotatable bonds is 4. The minimum atomic E-state index is -0.236. The van der Waals surface area contributed by atoms with Crippen LogP contribution in [-0.2, 0) is 0 Å². The van der Waals surface area contributed by atoms with Gasteiger partial charge in [0, 0.05) is 28.3 Å². The largest absolute Gasteiger partial charge is 0.506 e. The molecule has 5 rings (SSSR count). The fourth-order valence-corrected chi connectivity index (χ4v) is 5.19. The summed E-state index contributed by atoms with van der Waals surface area (Å²) in [7, 11) is 0. The van der Waals surface area contributed by atoms with E-state index in [2.05, 4.69) is 46.9 Å². The van der Waals surface area contributed by atoms with Crippen LogP contribution < -0.4 is 10.2 Å². The van der Waals surface area contributed by atoms with Crippen LogP contribution in [-0.4, -0.2) is 19.8 Å². The van der Waals surface area contributed by atoms with E-state index in [1.54, 1.807) is 24.4 Å². The highest BCUT2D eigenvalue weighted by atomic mass is 35.5. The number of nitrogens with one attached hydrogen (secondary N) is 1. The number of aromatic hydroxyl groups is 1. The molecule has 1 aliphatic rings. The summed E-state index contributed by atoms with van der Waals surface area (Å²) >= 11 is 12.1. The molecule has 0 saturated carbocycles. The van der Waals surface area contributed by atoms with E-state index in [9.17, 15) is 5.11 Å². The zero-order valence-corrected chi connectivity index (χ0v) is 19.8. The molecular formula is C26H23ClN4OS. The maximum atomic E-state index is 10.7. The number of aryl methyl sites for hydroxylation is 1. The standard InChI is InChI=1S/C26H23ClN4OS/c1-16-14-20(17(2)30(16)19-8-4-3-5-9-19)25-24(21-10-6-7-13-28-21)29-26(33)31(25)22-15-18(27)11-12-23(22)32/h3-15,24-25,32H,1-2H3,(H,29,33)/t24-,25-/m1/s1. The molecule has 1 saturated heterocycles. The van der Waals surface area contributed by atoms with Crippen molar-refractivity contribution in [1.29, 1.82) is 0 Å². The van der Waals surface area contributed by atoms with Crippen LogP contribution in [0.3, 0.4) is 0 Å². The smallest absolute Gasteiger partial charge is 0.174 e. The molecule has 0 spiro atoms. The van der Waals surface area contributed by atoms with Crippen LogP contribution in [0.4, 0.5) is 5.69 Å². The first-order valence-corrected chi connectivity index (χ1v) is 11.5. The molecule has 0 unspecified atom stereocenters. The van der Waals surface area contributed by atoms with Crippen molar-refractivity contribution < 1.29 is 5.11 Å². The van der Waals surface area contributed by atoms with Crippen LogP contribution in [0.25, 0.3) is 5.69 Å². The Morgan fingerprint density at radius 1 is 1.00 bits per heavy atom. The Kier molecular flexibility index (Phi) is 5.56. The minimum absolute atomic E-state index is 0.118. The highest BCUT2D eigenvalue weighted by Crippen LogP contribution is 2.46. The molecule has 0 amide bonds.